The van der Waals surface area contributed by atoms with Gasteiger partial charge in [0.2, 0.25) is 5.91 Å². The zero-order valence-corrected chi connectivity index (χ0v) is 17.5. The summed E-state index contributed by atoms with van der Waals surface area (Å²) in [7, 11) is 0. The van der Waals surface area contributed by atoms with Gasteiger partial charge in [-0.1, -0.05) is 55.2 Å². The maximum atomic E-state index is 12.7. The fourth-order valence-corrected chi connectivity index (χ4v) is 3.96. The number of nitro benzene ring substituents is 1. The molecule has 1 heterocycles. The number of hydrogen-bond donors (Lipinski definition) is 2. The van der Waals surface area contributed by atoms with Crippen LogP contribution in [0.3, 0.4) is 0 Å². The number of carbonyl (C=O) groups excluding carboxylic acids is 2. The fraction of sp³-hybridized carbons (Fsp3) is 0.150. The molecule has 0 spiro atoms. The maximum Gasteiger partial charge on any atom is 0.271 e. The number of non-ortho nitro benzene ring substituents is 1. The molecule has 2 aromatic carbocycles. The van der Waals surface area contributed by atoms with E-state index in [-0.39, 0.29) is 28.0 Å². The van der Waals surface area contributed by atoms with Gasteiger partial charge < -0.3 is 10.4 Å². The average Bonchev–Trinajstić information content (AvgIpc) is 2.97. The third-order valence-electron chi connectivity index (χ3n) is 4.33. The molecule has 0 radical (unpaired) electrons. The lowest BCUT2D eigenvalue weighted by Crippen LogP contribution is -2.36. The van der Waals surface area contributed by atoms with E-state index in [9.17, 15) is 24.8 Å². The lowest BCUT2D eigenvalue weighted by molar-refractivity contribution is -0.384. The van der Waals surface area contributed by atoms with E-state index in [0.717, 1.165) is 46.8 Å². The molecule has 2 N–H and O–H groups in total. The van der Waals surface area contributed by atoms with Crippen LogP contribution in [0.1, 0.15) is 18.1 Å². The van der Waals surface area contributed by atoms with Crippen LogP contribution in [0.2, 0.25) is 0 Å². The number of thioether (sulfide) groups is 1. The van der Waals surface area contributed by atoms with E-state index >= 15 is 0 Å². The van der Waals surface area contributed by atoms with Crippen molar-refractivity contribution in [1.82, 2.24) is 4.90 Å². The number of anilines is 1. The largest absolute Gasteiger partial charge is 0.506 e. The van der Waals surface area contributed by atoms with Crippen molar-refractivity contribution in [3.05, 3.63) is 68.6 Å². The van der Waals surface area contributed by atoms with Crippen molar-refractivity contribution in [2.75, 3.05) is 11.9 Å². The summed E-state index contributed by atoms with van der Waals surface area (Å²) in [5, 5.41) is 23.1. The standard InChI is InChI=1S/C20H17N3O5S2/c1-2-12-3-5-13(6-4-12)9-17-19(26)22(20(29)30-17)11-18(25)21-15-10-14(23(27)28)7-8-16(15)24/h3-10,24H,2,11H2,1H3,(H,21,25)/b17-9+. The van der Waals surface area contributed by atoms with E-state index in [1.54, 1.807) is 6.08 Å². The quantitative estimate of drug-likeness (QED) is 0.230. The Hall–Kier alpha value is -3.24. The number of nitro groups is 1. The number of aryl methyl sites for hydroxylation is 1. The van der Waals surface area contributed by atoms with Crippen LogP contribution in [0.15, 0.2) is 47.4 Å². The predicted molar refractivity (Wildman–Crippen MR) is 119 cm³/mol. The molecular formula is C20H17N3O5S2. The van der Waals surface area contributed by atoms with E-state index in [2.05, 4.69) is 12.2 Å². The van der Waals surface area contributed by atoms with E-state index in [1.807, 2.05) is 24.3 Å². The van der Waals surface area contributed by atoms with Crippen molar-refractivity contribution < 1.29 is 19.6 Å². The van der Waals surface area contributed by atoms with E-state index in [1.165, 1.54) is 5.56 Å². The summed E-state index contributed by atoms with van der Waals surface area (Å²) < 4.78 is 0.231. The first-order valence-electron chi connectivity index (χ1n) is 8.90. The first kappa shape index (κ1) is 21.5. The van der Waals surface area contributed by atoms with Gasteiger partial charge in [0.25, 0.3) is 11.6 Å². The number of carbonyl (C=O) groups is 2. The Morgan fingerprint density at radius 2 is 2.00 bits per heavy atom. The Bertz CT molecular complexity index is 1070. The van der Waals surface area contributed by atoms with Crippen LogP contribution in [0.5, 0.6) is 5.75 Å². The van der Waals surface area contributed by atoms with Gasteiger partial charge in [0.1, 0.15) is 16.6 Å². The molecule has 2 aromatic rings. The van der Waals surface area contributed by atoms with Gasteiger partial charge in [0, 0.05) is 12.1 Å². The smallest absolute Gasteiger partial charge is 0.271 e. The summed E-state index contributed by atoms with van der Waals surface area (Å²) in [6.07, 6.45) is 2.63. The predicted octanol–water partition coefficient (Wildman–Crippen LogP) is 3.70. The second kappa shape index (κ2) is 9.06. The number of phenolic OH excluding ortho intramolecular Hbond substituents is 1. The molecule has 8 nitrogen and oxygen atoms in total. The van der Waals surface area contributed by atoms with Crippen LogP contribution in [-0.2, 0) is 16.0 Å². The second-order valence-corrected chi connectivity index (χ2v) is 8.05. The third-order valence-corrected chi connectivity index (χ3v) is 5.70. The molecule has 10 heteroatoms. The molecule has 0 bridgehead atoms. The van der Waals surface area contributed by atoms with E-state index < -0.39 is 16.7 Å². The molecule has 2 amide bonds. The number of nitrogens with zero attached hydrogens (tertiary/aromatic N) is 2. The van der Waals surface area contributed by atoms with Crippen LogP contribution < -0.4 is 5.32 Å². The Morgan fingerprint density at radius 1 is 1.30 bits per heavy atom. The Balaban J connectivity index is 1.71. The molecule has 0 aliphatic carbocycles. The van der Waals surface area contributed by atoms with Gasteiger partial charge in [0.05, 0.1) is 15.5 Å². The zero-order chi connectivity index (χ0) is 21.8. The first-order chi connectivity index (χ1) is 14.3. The fourth-order valence-electron chi connectivity index (χ4n) is 2.71. The molecule has 3 rings (SSSR count). The summed E-state index contributed by atoms with van der Waals surface area (Å²) in [6, 6.07) is 11.0. The molecule has 0 aromatic heterocycles. The molecule has 0 atom stereocenters. The van der Waals surface area contributed by atoms with Gasteiger partial charge in [0.15, 0.2) is 0 Å². The van der Waals surface area contributed by atoms with Crippen molar-refractivity contribution in [1.29, 1.82) is 0 Å². The van der Waals surface area contributed by atoms with Crippen LogP contribution in [-0.4, -0.2) is 37.6 Å². The van der Waals surface area contributed by atoms with Crippen LogP contribution in [0.4, 0.5) is 11.4 Å². The summed E-state index contributed by atoms with van der Waals surface area (Å²) >= 11 is 6.32. The highest BCUT2D eigenvalue weighted by Crippen LogP contribution is 2.33. The Kier molecular flexibility index (Phi) is 6.48. The number of benzene rings is 2. The van der Waals surface area contributed by atoms with Gasteiger partial charge in [-0.3, -0.25) is 24.6 Å². The van der Waals surface area contributed by atoms with Crippen molar-refractivity contribution in [3.8, 4) is 5.75 Å². The summed E-state index contributed by atoms with van der Waals surface area (Å²) in [4.78, 5) is 36.8. The minimum atomic E-state index is -0.644. The normalized spacial score (nSPS) is 15.0. The molecule has 0 saturated carbocycles. The zero-order valence-electron chi connectivity index (χ0n) is 15.8. The molecular weight excluding hydrogens is 426 g/mol. The maximum absolute atomic E-state index is 12.7. The number of phenols is 1. The number of amides is 2. The van der Waals surface area contributed by atoms with Gasteiger partial charge in [-0.15, -0.1) is 0 Å². The lowest BCUT2D eigenvalue weighted by Gasteiger charge is -2.14. The van der Waals surface area contributed by atoms with Crippen LogP contribution in [0.25, 0.3) is 6.08 Å². The Morgan fingerprint density at radius 3 is 2.63 bits per heavy atom. The van der Waals surface area contributed by atoms with Gasteiger partial charge in [-0.2, -0.15) is 0 Å². The molecule has 30 heavy (non-hydrogen) atoms. The number of hydrogen-bond acceptors (Lipinski definition) is 7. The number of rotatable bonds is 6. The molecule has 1 fully saturated rings. The minimum Gasteiger partial charge on any atom is -0.506 e. The van der Waals surface area contributed by atoms with Crippen molar-refractivity contribution in [2.24, 2.45) is 0 Å². The van der Waals surface area contributed by atoms with E-state index in [4.69, 9.17) is 12.2 Å². The molecule has 1 aliphatic rings. The van der Waals surface area contributed by atoms with Crippen LogP contribution in [0, 0.1) is 10.1 Å². The number of aromatic hydroxyl groups is 1. The minimum absolute atomic E-state index is 0.119. The van der Waals surface area contributed by atoms with Crippen molar-refractivity contribution >= 4 is 57.6 Å². The SMILES string of the molecule is CCc1ccc(/C=C2/SC(=S)N(CC(=O)Nc3cc([N+](=O)[O-])ccc3O)C2=O)cc1. The summed E-state index contributed by atoms with van der Waals surface area (Å²) in [5.74, 6) is -1.37. The molecule has 1 aliphatic heterocycles. The summed E-state index contributed by atoms with van der Waals surface area (Å²) in [5.41, 5.74) is 1.62. The highest BCUT2D eigenvalue weighted by atomic mass is 32.2. The monoisotopic (exact) mass is 443 g/mol. The molecule has 1 saturated heterocycles. The van der Waals surface area contributed by atoms with Crippen LogP contribution >= 0.6 is 24.0 Å². The van der Waals surface area contributed by atoms with E-state index in [0.29, 0.717) is 4.91 Å². The number of nitrogens with one attached hydrogen (secondary N) is 1. The highest BCUT2D eigenvalue weighted by Gasteiger charge is 2.33. The van der Waals surface area contributed by atoms with Gasteiger partial charge >= 0.3 is 0 Å². The molecule has 0 unspecified atom stereocenters. The van der Waals surface area contributed by atoms with Gasteiger partial charge in [-0.05, 0) is 29.7 Å². The summed E-state index contributed by atoms with van der Waals surface area (Å²) in [6.45, 7) is 1.68. The first-order valence-corrected chi connectivity index (χ1v) is 10.1. The average molecular weight is 444 g/mol. The van der Waals surface area contributed by atoms with Gasteiger partial charge in [-0.25, -0.2) is 0 Å². The van der Waals surface area contributed by atoms with Crippen molar-refractivity contribution in [2.45, 2.75) is 13.3 Å². The highest BCUT2D eigenvalue weighted by molar-refractivity contribution is 8.26. The topological polar surface area (TPSA) is 113 Å². The Labute approximate surface area is 181 Å². The third kappa shape index (κ3) is 4.84. The number of thiocarbonyl (C=S) groups is 1. The van der Waals surface area contributed by atoms with Crippen molar-refractivity contribution in [3.63, 3.8) is 0 Å². The molecule has 154 valence electrons. The second-order valence-electron chi connectivity index (χ2n) is 6.37. The lowest BCUT2D eigenvalue weighted by atomic mass is 10.1.